The Bertz CT molecular complexity index is 622. The van der Waals surface area contributed by atoms with Crippen LogP contribution >= 0.6 is 27.5 Å². The molecule has 2 nitrogen and oxygen atoms in total. The van der Waals surface area contributed by atoms with E-state index in [9.17, 15) is 0 Å². The number of nitriles is 1. The minimum absolute atomic E-state index is 0.318. The number of rotatable bonds is 8. The largest absolute Gasteiger partial charge is 0.294 e. The first-order chi connectivity index (χ1) is 11.2. The summed E-state index contributed by atoms with van der Waals surface area (Å²) >= 11 is 9.67. The van der Waals surface area contributed by atoms with E-state index in [4.69, 9.17) is 16.9 Å². The van der Waals surface area contributed by atoms with E-state index in [2.05, 4.69) is 63.3 Å². The van der Waals surface area contributed by atoms with E-state index in [1.807, 2.05) is 18.2 Å². The van der Waals surface area contributed by atoms with Gasteiger partial charge < -0.3 is 0 Å². The van der Waals surface area contributed by atoms with Crippen LogP contribution in [0.5, 0.6) is 0 Å². The molecule has 0 bridgehead atoms. The molecule has 0 aromatic heterocycles. The molecule has 120 valence electrons. The molecule has 0 saturated heterocycles. The molecule has 0 aliphatic heterocycles. The monoisotopic (exact) mass is 390 g/mol. The van der Waals surface area contributed by atoms with E-state index in [1.165, 1.54) is 11.1 Å². The number of hydrogen-bond donors (Lipinski definition) is 0. The molecule has 0 fully saturated rings. The number of nitrogens with zero attached hydrogens (tertiary/aromatic N) is 2. The fraction of sp³-hybridized carbons (Fsp3) is 0.316. The molecule has 1 unspecified atom stereocenters. The van der Waals surface area contributed by atoms with Crippen LogP contribution in [0.3, 0.4) is 0 Å². The van der Waals surface area contributed by atoms with Crippen molar-refractivity contribution in [1.29, 1.82) is 5.26 Å². The highest BCUT2D eigenvalue weighted by molar-refractivity contribution is 9.09. The maximum Gasteiger partial charge on any atom is 0.0622 e. The lowest BCUT2D eigenvalue weighted by atomic mass is 10.1. The Labute approximate surface area is 151 Å². The molecule has 0 spiro atoms. The van der Waals surface area contributed by atoms with Gasteiger partial charge in [0.2, 0.25) is 0 Å². The summed E-state index contributed by atoms with van der Waals surface area (Å²) in [6.07, 6.45) is 1.44. The fourth-order valence-electron chi connectivity index (χ4n) is 2.47. The van der Waals surface area contributed by atoms with E-state index in [0.717, 1.165) is 31.1 Å². The van der Waals surface area contributed by atoms with Gasteiger partial charge in [0.15, 0.2) is 0 Å². The van der Waals surface area contributed by atoms with Crippen LogP contribution < -0.4 is 0 Å². The number of halogens is 2. The van der Waals surface area contributed by atoms with Gasteiger partial charge >= 0.3 is 0 Å². The van der Waals surface area contributed by atoms with Crippen molar-refractivity contribution in [2.24, 2.45) is 0 Å². The highest BCUT2D eigenvalue weighted by atomic mass is 79.9. The van der Waals surface area contributed by atoms with Gasteiger partial charge in [-0.2, -0.15) is 5.26 Å². The van der Waals surface area contributed by atoms with Gasteiger partial charge in [-0.15, -0.1) is 0 Å². The third kappa shape index (κ3) is 6.74. The third-order valence-electron chi connectivity index (χ3n) is 3.59. The zero-order chi connectivity index (χ0) is 16.5. The number of benzene rings is 2. The second kappa shape index (κ2) is 9.72. The summed E-state index contributed by atoms with van der Waals surface area (Å²) in [6.45, 7) is 2.65. The van der Waals surface area contributed by atoms with Crippen LogP contribution in [-0.2, 0) is 13.1 Å². The first kappa shape index (κ1) is 18.0. The zero-order valence-corrected chi connectivity index (χ0v) is 15.3. The Morgan fingerprint density at radius 3 is 2.22 bits per heavy atom. The number of alkyl halides is 1. The van der Waals surface area contributed by atoms with Crippen LogP contribution in [-0.4, -0.2) is 16.3 Å². The van der Waals surface area contributed by atoms with Gasteiger partial charge in [0.25, 0.3) is 0 Å². The summed E-state index contributed by atoms with van der Waals surface area (Å²) in [5.41, 5.74) is 2.53. The van der Waals surface area contributed by atoms with Crippen LogP contribution in [0.1, 0.15) is 24.0 Å². The van der Waals surface area contributed by atoms with Crippen molar-refractivity contribution in [3.63, 3.8) is 0 Å². The van der Waals surface area contributed by atoms with Crippen molar-refractivity contribution < 1.29 is 0 Å². The SMILES string of the molecule is N#CCCC(Br)CN(Cc1ccccc1)Cc1ccc(Cl)cc1. The topological polar surface area (TPSA) is 27.0 Å². The first-order valence-electron chi connectivity index (χ1n) is 7.69. The van der Waals surface area contributed by atoms with Crippen LogP contribution in [0.25, 0.3) is 0 Å². The molecule has 0 aliphatic carbocycles. The molecule has 0 heterocycles. The van der Waals surface area contributed by atoms with Gasteiger partial charge in [0.05, 0.1) is 6.07 Å². The minimum Gasteiger partial charge on any atom is -0.294 e. The van der Waals surface area contributed by atoms with Gasteiger partial charge in [0, 0.05) is 35.9 Å². The molecule has 0 amide bonds. The lowest BCUT2D eigenvalue weighted by molar-refractivity contribution is 0.256. The Morgan fingerprint density at radius 1 is 1.00 bits per heavy atom. The molecule has 23 heavy (non-hydrogen) atoms. The predicted molar refractivity (Wildman–Crippen MR) is 99.6 cm³/mol. The molecule has 0 aliphatic rings. The Balaban J connectivity index is 2.04. The Morgan fingerprint density at radius 2 is 1.61 bits per heavy atom. The highest BCUT2D eigenvalue weighted by Crippen LogP contribution is 2.17. The van der Waals surface area contributed by atoms with E-state index in [0.29, 0.717) is 11.2 Å². The molecule has 1 atom stereocenters. The molecular formula is C19H20BrClN2. The number of hydrogen-bond acceptors (Lipinski definition) is 2. The summed E-state index contributed by atoms with van der Waals surface area (Å²) in [5, 5.41) is 9.51. The van der Waals surface area contributed by atoms with Gasteiger partial charge in [-0.3, -0.25) is 4.90 Å². The smallest absolute Gasteiger partial charge is 0.0622 e. The van der Waals surface area contributed by atoms with E-state index >= 15 is 0 Å². The molecule has 0 saturated carbocycles. The molecule has 2 rings (SSSR count). The van der Waals surface area contributed by atoms with Crippen molar-refractivity contribution >= 4 is 27.5 Å². The summed E-state index contributed by atoms with van der Waals surface area (Å²) in [7, 11) is 0. The first-order valence-corrected chi connectivity index (χ1v) is 8.98. The maximum absolute atomic E-state index is 8.75. The minimum atomic E-state index is 0.318. The normalized spacial score (nSPS) is 12.1. The van der Waals surface area contributed by atoms with Crippen LogP contribution in [0.4, 0.5) is 0 Å². The van der Waals surface area contributed by atoms with Gasteiger partial charge in [-0.1, -0.05) is 70.0 Å². The second-order valence-corrected chi connectivity index (χ2v) is 7.31. The van der Waals surface area contributed by atoms with Gasteiger partial charge in [0.1, 0.15) is 0 Å². The van der Waals surface area contributed by atoms with E-state index in [-0.39, 0.29) is 0 Å². The molecular weight excluding hydrogens is 372 g/mol. The second-order valence-electron chi connectivity index (χ2n) is 5.58. The molecule has 2 aromatic carbocycles. The highest BCUT2D eigenvalue weighted by Gasteiger charge is 2.13. The molecule has 2 aromatic rings. The Hall–Kier alpha value is -1.34. The fourth-order valence-corrected chi connectivity index (χ4v) is 3.23. The molecule has 0 radical (unpaired) electrons. The Kier molecular flexibility index (Phi) is 7.61. The maximum atomic E-state index is 8.75. The van der Waals surface area contributed by atoms with Crippen LogP contribution in [0.2, 0.25) is 5.02 Å². The van der Waals surface area contributed by atoms with Gasteiger partial charge in [-0.25, -0.2) is 0 Å². The van der Waals surface area contributed by atoms with Crippen molar-refractivity contribution in [3.05, 3.63) is 70.7 Å². The van der Waals surface area contributed by atoms with Crippen molar-refractivity contribution in [2.45, 2.75) is 30.8 Å². The van der Waals surface area contributed by atoms with Crippen molar-refractivity contribution in [3.8, 4) is 6.07 Å². The lowest BCUT2D eigenvalue weighted by Crippen LogP contribution is -2.29. The van der Waals surface area contributed by atoms with Crippen LogP contribution in [0, 0.1) is 11.3 Å². The average molecular weight is 392 g/mol. The van der Waals surface area contributed by atoms with Crippen LogP contribution in [0.15, 0.2) is 54.6 Å². The summed E-state index contributed by atoms with van der Waals surface area (Å²) in [5.74, 6) is 0. The van der Waals surface area contributed by atoms with Gasteiger partial charge in [-0.05, 0) is 29.7 Å². The average Bonchev–Trinajstić information content (AvgIpc) is 2.56. The van der Waals surface area contributed by atoms with E-state index < -0.39 is 0 Å². The predicted octanol–water partition coefficient (Wildman–Crippen LogP) is 5.41. The quantitative estimate of drug-likeness (QED) is 0.563. The molecule has 4 heteroatoms. The third-order valence-corrected chi connectivity index (χ3v) is 4.59. The summed E-state index contributed by atoms with van der Waals surface area (Å²) in [4.78, 5) is 2.72. The standard InChI is InChI=1S/C19H20BrClN2/c20-18(7-4-12-22)15-23(13-16-5-2-1-3-6-16)14-17-8-10-19(21)11-9-17/h1-3,5-6,8-11,18H,4,7,13-15H2. The summed E-state index contributed by atoms with van der Waals surface area (Å²) in [6, 6.07) is 20.7. The molecule has 0 N–H and O–H groups in total. The summed E-state index contributed by atoms with van der Waals surface area (Å²) < 4.78 is 0. The van der Waals surface area contributed by atoms with Crippen molar-refractivity contribution in [2.75, 3.05) is 6.54 Å². The van der Waals surface area contributed by atoms with Crippen molar-refractivity contribution in [1.82, 2.24) is 4.90 Å². The van der Waals surface area contributed by atoms with E-state index in [1.54, 1.807) is 0 Å². The lowest BCUT2D eigenvalue weighted by Gasteiger charge is -2.25. The zero-order valence-electron chi connectivity index (χ0n) is 13.0.